The van der Waals surface area contributed by atoms with Crippen molar-refractivity contribution in [1.82, 2.24) is 4.98 Å². The number of nitrogens with one attached hydrogen (secondary N) is 1. The molecular formula is C15H12ClN3. The van der Waals surface area contributed by atoms with Gasteiger partial charge in [0.2, 0.25) is 0 Å². The minimum absolute atomic E-state index is 0.596. The monoisotopic (exact) mass is 269 g/mol. The minimum atomic E-state index is 0.596. The van der Waals surface area contributed by atoms with Crippen molar-refractivity contribution in [3.8, 4) is 0 Å². The van der Waals surface area contributed by atoms with Crippen LogP contribution in [0.1, 0.15) is 0 Å². The van der Waals surface area contributed by atoms with Crippen molar-refractivity contribution >= 4 is 39.6 Å². The van der Waals surface area contributed by atoms with E-state index in [0.29, 0.717) is 10.7 Å². The highest BCUT2D eigenvalue weighted by Crippen LogP contribution is 2.32. The summed E-state index contributed by atoms with van der Waals surface area (Å²) in [6.07, 6.45) is 1.65. The normalized spacial score (nSPS) is 10.6. The number of aromatic nitrogens is 1. The van der Waals surface area contributed by atoms with Crippen molar-refractivity contribution in [3.05, 3.63) is 59.8 Å². The number of rotatable bonds is 2. The number of nitrogens with two attached hydrogens (primary N) is 1. The fraction of sp³-hybridized carbons (Fsp3) is 0. The van der Waals surface area contributed by atoms with Crippen molar-refractivity contribution in [2.24, 2.45) is 0 Å². The largest absolute Gasteiger partial charge is 0.396 e. The molecule has 0 bridgehead atoms. The van der Waals surface area contributed by atoms with Crippen LogP contribution in [0.3, 0.4) is 0 Å². The maximum atomic E-state index is 6.05. The molecule has 0 aliphatic heterocycles. The molecule has 0 aliphatic rings. The summed E-state index contributed by atoms with van der Waals surface area (Å²) in [6.45, 7) is 0. The lowest BCUT2D eigenvalue weighted by Crippen LogP contribution is -1.98. The molecule has 0 spiro atoms. The molecule has 0 aliphatic carbocycles. The number of halogens is 1. The molecule has 2 aromatic carbocycles. The van der Waals surface area contributed by atoms with Gasteiger partial charge in [0.05, 0.1) is 23.1 Å². The Kier molecular flexibility index (Phi) is 2.97. The second-order valence-corrected chi connectivity index (χ2v) is 4.68. The Labute approximate surface area is 116 Å². The van der Waals surface area contributed by atoms with Gasteiger partial charge in [0.25, 0.3) is 0 Å². The van der Waals surface area contributed by atoms with E-state index in [1.165, 1.54) is 0 Å². The van der Waals surface area contributed by atoms with Crippen molar-refractivity contribution in [2.75, 3.05) is 11.1 Å². The van der Waals surface area contributed by atoms with Crippen LogP contribution in [0.25, 0.3) is 10.9 Å². The maximum Gasteiger partial charge on any atom is 0.0746 e. The average Bonchev–Trinajstić information content (AvgIpc) is 2.43. The van der Waals surface area contributed by atoms with E-state index in [-0.39, 0.29) is 0 Å². The fourth-order valence-corrected chi connectivity index (χ4v) is 2.16. The molecule has 0 atom stereocenters. The van der Waals surface area contributed by atoms with Crippen molar-refractivity contribution in [3.63, 3.8) is 0 Å². The Morgan fingerprint density at radius 1 is 1.05 bits per heavy atom. The molecule has 0 amide bonds. The highest BCUT2D eigenvalue weighted by molar-refractivity contribution is 6.31. The minimum Gasteiger partial charge on any atom is -0.396 e. The number of fused-ring (bicyclic) bond motifs is 1. The fourth-order valence-electron chi connectivity index (χ4n) is 1.99. The zero-order valence-corrected chi connectivity index (χ0v) is 10.9. The summed E-state index contributed by atoms with van der Waals surface area (Å²) in [4.78, 5) is 4.30. The Morgan fingerprint density at radius 3 is 2.63 bits per heavy atom. The van der Waals surface area contributed by atoms with Crippen molar-refractivity contribution in [1.29, 1.82) is 0 Å². The second-order valence-electron chi connectivity index (χ2n) is 4.24. The summed E-state index contributed by atoms with van der Waals surface area (Å²) >= 11 is 6.05. The molecule has 1 aromatic heterocycles. The summed E-state index contributed by atoms with van der Waals surface area (Å²) in [5, 5.41) is 4.90. The third-order valence-electron chi connectivity index (χ3n) is 2.90. The van der Waals surface area contributed by atoms with E-state index in [4.69, 9.17) is 17.3 Å². The average molecular weight is 270 g/mol. The zero-order chi connectivity index (χ0) is 13.2. The summed E-state index contributed by atoms with van der Waals surface area (Å²) in [6, 6.07) is 15.4. The standard InChI is InChI=1S/C15H12ClN3/c16-10-6-7-14-12(8-10)15(13(17)9-18-14)19-11-4-2-1-3-5-11/h1-9H,17H2,(H,18,19). The number of nitrogen functional groups attached to an aromatic ring is 1. The first-order valence-electron chi connectivity index (χ1n) is 5.90. The molecule has 3 aromatic rings. The van der Waals surface area contributed by atoms with Crippen LogP contribution in [0.4, 0.5) is 17.1 Å². The number of para-hydroxylation sites is 1. The summed E-state index contributed by atoms with van der Waals surface area (Å²) in [5.74, 6) is 0. The molecule has 4 heteroatoms. The first-order chi connectivity index (χ1) is 9.24. The van der Waals surface area contributed by atoms with Gasteiger partial charge in [-0.3, -0.25) is 4.98 Å². The lowest BCUT2D eigenvalue weighted by molar-refractivity contribution is 1.40. The quantitative estimate of drug-likeness (QED) is 0.732. The Morgan fingerprint density at radius 2 is 1.84 bits per heavy atom. The van der Waals surface area contributed by atoms with Crippen LogP contribution in [0.5, 0.6) is 0 Å². The third-order valence-corrected chi connectivity index (χ3v) is 3.14. The van der Waals surface area contributed by atoms with Gasteiger partial charge >= 0.3 is 0 Å². The van der Waals surface area contributed by atoms with Gasteiger partial charge in [-0.15, -0.1) is 0 Å². The van der Waals surface area contributed by atoms with Crippen molar-refractivity contribution < 1.29 is 0 Å². The van der Waals surface area contributed by atoms with E-state index in [1.54, 1.807) is 6.20 Å². The smallest absolute Gasteiger partial charge is 0.0746 e. The summed E-state index contributed by atoms with van der Waals surface area (Å²) in [7, 11) is 0. The second kappa shape index (κ2) is 4.78. The number of benzene rings is 2. The van der Waals surface area contributed by atoms with Gasteiger partial charge in [0, 0.05) is 16.1 Å². The van der Waals surface area contributed by atoms with Crippen LogP contribution < -0.4 is 11.1 Å². The lowest BCUT2D eigenvalue weighted by Gasteiger charge is -2.12. The van der Waals surface area contributed by atoms with Crippen LogP contribution >= 0.6 is 11.6 Å². The SMILES string of the molecule is Nc1cnc2ccc(Cl)cc2c1Nc1ccccc1. The van der Waals surface area contributed by atoms with Crippen LogP contribution in [-0.4, -0.2) is 4.98 Å². The topological polar surface area (TPSA) is 50.9 Å². The molecule has 0 radical (unpaired) electrons. The van der Waals surface area contributed by atoms with Crippen LogP contribution in [0.2, 0.25) is 5.02 Å². The number of nitrogens with zero attached hydrogens (tertiary/aromatic N) is 1. The molecule has 0 fully saturated rings. The molecule has 3 N–H and O–H groups in total. The van der Waals surface area contributed by atoms with Gasteiger partial charge < -0.3 is 11.1 Å². The van der Waals surface area contributed by atoms with Gasteiger partial charge in [-0.2, -0.15) is 0 Å². The third kappa shape index (κ3) is 2.33. The maximum absolute atomic E-state index is 6.05. The van der Waals surface area contributed by atoms with E-state index in [2.05, 4.69) is 10.3 Å². The van der Waals surface area contributed by atoms with Gasteiger partial charge in [-0.1, -0.05) is 29.8 Å². The van der Waals surface area contributed by atoms with Crippen molar-refractivity contribution in [2.45, 2.75) is 0 Å². The Hall–Kier alpha value is -2.26. The van der Waals surface area contributed by atoms with Gasteiger partial charge in [0.1, 0.15) is 0 Å². The Bertz CT molecular complexity index is 721. The molecule has 0 saturated carbocycles. The molecule has 0 saturated heterocycles. The van der Waals surface area contributed by atoms with E-state index in [1.807, 2.05) is 48.5 Å². The number of anilines is 3. The summed E-state index contributed by atoms with van der Waals surface area (Å²) < 4.78 is 0. The van der Waals surface area contributed by atoms with E-state index >= 15 is 0 Å². The molecule has 3 rings (SSSR count). The molecule has 1 heterocycles. The van der Waals surface area contributed by atoms with Crippen LogP contribution in [0.15, 0.2) is 54.7 Å². The molecule has 0 unspecified atom stereocenters. The summed E-state index contributed by atoms with van der Waals surface area (Å²) in [5.41, 5.74) is 9.28. The molecule has 3 nitrogen and oxygen atoms in total. The van der Waals surface area contributed by atoms with Gasteiger partial charge in [-0.25, -0.2) is 0 Å². The first-order valence-corrected chi connectivity index (χ1v) is 6.27. The number of pyridine rings is 1. The van der Waals surface area contributed by atoms with E-state index < -0.39 is 0 Å². The highest BCUT2D eigenvalue weighted by Gasteiger charge is 2.07. The highest BCUT2D eigenvalue weighted by atomic mass is 35.5. The zero-order valence-electron chi connectivity index (χ0n) is 10.1. The Balaban J connectivity index is 2.16. The predicted octanol–water partition coefficient (Wildman–Crippen LogP) is 4.21. The van der Waals surface area contributed by atoms with Crippen LogP contribution in [0, 0.1) is 0 Å². The molecule has 19 heavy (non-hydrogen) atoms. The predicted molar refractivity (Wildman–Crippen MR) is 80.9 cm³/mol. The molecule has 94 valence electrons. The van der Waals surface area contributed by atoms with E-state index in [9.17, 15) is 0 Å². The lowest BCUT2D eigenvalue weighted by atomic mass is 10.1. The van der Waals surface area contributed by atoms with Gasteiger partial charge in [-0.05, 0) is 30.3 Å². The van der Waals surface area contributed by atoms with Gasteiger partial charge in [0.15, 0.2) is 0 Å². The van der Waals surface area contributed by atoms with E-state index in [0.717, 1.165) is 22.3 Å². The number of hydrogen-bond donors (Lipinski definition) is 2. The molecular weight excluding hydrogens is 258 g/mol. The number of hydrogen-bond acceptors (Lipinski definition) is 3. The first kappa shape index (κ1) is 11.8. The van der Waals surface area contributed by atoms with Crippen LogP contribution in [-0.2, 0) is 0 Å².